The number of aromatic hydroxyl groups is 2. The first-order valence-corrected chi connectivity index (χ1v) is 21.6. The Labute approximate surface area is 324 Å². The average Bonchev–Trinajstić information content (AvgIpc) is 3.08. The summed E-state index contributed by atoms with van der Waals surface area (Å²) < 4.78 is 0. The van der Waals surface area contributed by atoms with Gasteiger partial charge in [0.15, 0.2) is 0 Å². The van der Waals surface area contributed by atoms with E-state index < -0.39 is 0 Å². The number of rotatable bonds is 10. The molecule has 0 bridgehead atoms. The lowest BCUT2D eigenvalue weighted by Crippen LogP contribution is -2.24. The molecule has 1 fully saturated rings. The zero-order valence-electron chi connectivity index (χ0n) is 33.6. The number of phenolic OH excluding ortho intramolecular Hbond substituents is 2. The van der Waals surface area contributed by atoms with E-state index in [2.05, 4.69) is 154 Å². The van der Waals surface area contributed by atoms with Gasteiger partial charge in [0.2, 0.25) is 0 Å². The van der Waals surface area contributed by atoms with Crippen LogP contribution in [0.3, 0.4) is 0 Å². The van der Waals surface area contributed by atoms with Crippen molar-refractivity contribution in [1.29, 1.82) is 0 Å². The molecule has 5 rings (SSSR count). The fourth-order valence-electron chi connectivity index (χ4n) is 7.64. The number of phenols is 2. The van der Waals surface area contributed by atoms with Crippen molar-refractivity contribution in [1.82, 2.24) is 0 Å². The first-order valence-electron chi connectivity index (χ1n) is 19.5. The molecule has 0 aromatic heterocycles. The van der Waals surface area contributed by atoms with Crippen LogP contribution in [0.25, 0.3) is 0 Å². The van der Waals surface area contributed by atoms with Gasteiger partial charge in [-0.1, -0.05) is 180 Å². The van der Waals surface area contributed by atoms with Crippen LogP contribution in [0.4, 0.5) is 0 Å². The highest BCUT2D eigenvalue weighted by molar-refractivity contribution is 8.03. The summed E-state index contributed by atoms with van der Waals surface area (Å²) in [7, 11) is 0. The molecule has 2 nitrogen and oxygen atoms in total. The minimum atomic E-state index is -0.331. The van der Waals surface area contributed by atoms with Gasteiger partial charge in [-0.2, -0.15) is 23.5 Å². The van der Waals surface area contributed by atoms with Crippen molar-refractivity contribution in [2.45, 2.75) is 151 Å². The number of thioether (sulfide) groups is 2. The van der Waals surface area contributed by atoms with Crippen LogP contribution in [0.1, 0.15) is 152 Å². The topological polar surface area (TPSA) is 40.5 Å². The molecule has 0 spiro atoms. The molecule has 0 saturated heterocycles. The standard InChI is InChI=1S/C48H64O2S2/c1-45(2,3)37-27-33(43(49)39(29-37)47(7,8)35-21-15-13-16-22-35)31-51-41-25-19-11-12-20-26-42(41)52-32-34-28-38(46(4,5)6)30-40(44(34)50)48(9,10)36-23-17-14-18-24-36/h13-18,21-24,27-30,41-42,49-50H,11-12,19-20,25-26,31-32H2,1-10H3/t41-,42-/m0/s1. The molecule has 52 heavy (non-hydrogen) atoms. The highest BCUT2D eigenvalue weighted by atomic mass is 32.2. The molecule has 0 heterocycles. The highest BCUT2D eigenvalue weighted by Crippen LogP contribution is 2.46. The minimum Gasteiger partial charge on any atom is -0.507 e. The number of hydrogen-bond donors (Lipinski definition) is 2. The van der Waals surface area contributed by atoms with E-state index in [1.165, 1.54) is 60.8 Å². The van der Waals surface area contributed by atoms with Gasteiger partial charge in [0, 0.05) is 55.1 Å². The van der Waals surface area contributed by atoms with Gasteiger partial charge in [0.05, 0.1) is 0 Å². The smallest absolute Gasteiger partial charge is 0.123 e. The van der Waals surface area contributed by atoms with Crippen LogP contribution in [0, 0.1) is 0 Å². The third-order valence-electron chi connectivity index (χ3n) is 11.5. The van der Waals surface area contributed by atoms with Crippen LogP contribution in [0.2, 0.25) is 0 Å². The Kier molecular flexibility index (Phi) is 12.6. The van der Waals surface area contributed by atoms with Crippen LogP contribution < -0.4 is 0 Å². The second-order valence-electron chi connectivity index (χ2n) is 18.2. The SMILES string of the molecule is CC(C)(C)c1cc(CS[C@H]2CCCCCC[C@@H]2SCc2cc(C(C)(C)C)cc(C(C)(C)c3ccccc3)c2O)c(O)c(C(C)(C)c2ccccc2)c1. The first-order chi connectivity index (χ1) is 24.4. The molecule has 280 valence electrons. The summed E-state index contributed by atoms with van der Waals surface area (Å²) >= 11 is 4.08. The predicted molar refractivity (Wildman–Crippen MR) is 229 cm³/mol. The Balaban J connectivity index is 1.44. The van der Waals surface area contributed by atoms with Crippen LogP contribution in [-0.2, 0) is 33.2 Å². The fourth-order valence-corrected chi connectivity index (χ4v) is 10.7. The minimum absolute atomic E-state index is 0.0369. The van der Waals surface area contributed by atoms with E-state index in [1.54, 1.807) is 0 Å². The molecule has 4 heteroatoms. The predicted octanol–water partition coefficient (Wildman–Crippen LogP) is 13.6. The van der Waals surface area contributed by atoms with Gasteiger partial charge in [0.1, 0.15) is 11.5 Å². The molecule has 0 aliphatic heterocycles. The largest absolute Gasteiger partial charge is 0.507 e. The number of benzene rings is 4. The van der Waals surface area contributed by atoms with Crippen LogP contribution in [0.15, 0.2) is 84.9 Å². The van der Waals surface area contributed by atoms with Gasteiger partial charge in [0.25, 0.3) is 0 Å². The van der Waals surface area contributed by atoms with Gasteiger partial charge in [-0.15, -0.1) is 0 Å². The van der Waals surface area contributed by atoms with Gasteiger partial charge >= 0.3 is 0 Å². The van der Waals surface area contributed by atoms with Gasteiger partial charge in [-0.3, -0.25) is 0 Å². The quantitative estimate of drug-likeness (QED) is 0.170. The molecule has 2 atom stereocenters. The lowest BCUT2D eigenvalue weighted by molar-refractivity contribution is 0.445. The van der Waals surface area contributed by atoms with Crippen LogP contribution in [0.5, 0.6) is 11.5 Å². The van der Waals surface area contributed by atoms with Gasteiger partial charge in [-0.25, -0.2) is 0 Å². The summed E-state index contributed by atoms with van der Waals surface area (Å²) in [5.41, 5.74) is 8.33. The summed E-state index contributed by atoms with van der Waals surface area (Å²) in [6.07, 6.45) is 7.45. The maximum Gasteiger partial charge on any atom is 0.123 e. The van der Waals surface area contributed by atoms with Gasteiger partial charge in [-0.05, 0) is 45.9 Å². The summed E-state index contributed by atoms with van der Waals surface area (Å²) in [4.78, 5) is 0. The monoisotopic (exact) mass is 736 g/mol. The molecule has 1 aliphatic carbocycles. The van der Waals surface area contributed by atoms with E-state index in [-0.39, 0.29) is 21.7 Å². The summed E-state index contributed by atoms with van der Waals surface area (Å²) in [6, 6.07) is 30.2. The van der Waals surface area contributed by atoms with Crippen molar-refractivity contribution in [3.05, 3.63) is 129 Å². The molecule has 0 unspecified atom stereocenters. The summed E-state index contributed by atoms with van der Waals surface area (Å²) in [5.74, 6) is 2.47. The van der Waals surface area contributed by atoms with Gasteiger partial charge < -0.3 is 10.2 Å². The van der Waals surface area contributed by atoms with E-state index in [4.69, 9.17) is 0 Å². The van der Waals surface area contributed by atoms with Crippen molar-refractivity contribution in [2.75, 3.05) is 0 Å². The zero-order chi connectivity index (χ0) is 37.9. The van der Waals surface area contributed by atoms with Crippen molar-refractivity contribution >= 4 is 23.5 Å². The summed E-state index contributed by atoms with van der Waals surface area (Å²) in [6.45, 7) is 22.6. The third kappa shape index (κ3) is 9.27. The Hall–Kier alpha value is -2.82. The van der Waals surface area contributed by atoms with E-state index >= 15 is 0 Å². The van der Waals surface area contributed by atoms with Crippen molar-refractivity contribution in [3.63, 3.8) is 0 Å². The lowest BCUT2D eigenvalue weighted by Gasteiger charge is -2.32. The fraction of sp³-hybridized carbons (Fsp3) is 0.500. The van der Waals surface area contributed by atoms with Crippen LogP contribution >= 0.6 is 23.5 Å². The molecular formula is C48H64O2S2. The van der Waals surface area contributed by atoms with E-state index in [0.717, 1.165) is 33.8 Å². The highest BCUT2D eigenvalue weighted by Gasteiger charge is 2.33. The Morgan fingerprint density at radius 1 is 0.481 bits per heavy atom. The van der Waals surface area contributed by atoms with Crippen molar-refractivity contribution < 1.29 is 10.2 Å². The Morgan fingerprint density at radius 3 is 1.15 bits per heavy atom. The summed E-state index contributed by atoms with van der Waals surface area (Å²) in [5, 5.41) is 24.9. The molecule has 0 radical (unpaired) electrons. The van der Waals surface area contributed by atoms with Crippen molar-refractivity contribution in [3.8, 4) is 11.5 Å². The average molecular weight is 737 g/mol. The molecule has 4 aromatic rings. The van der Waals surface area contributed by atoms with E-state index in [9.17, 15) is 10.2 Å². The molecule has 0 amide bonds. The maximum atomic E-state index is 12.0. The Bertz CT molecular complexity index is 1640. The van der Waals surface area contributed by atoms with E-state index in [0.29, 0.717) is 22.0 Å². The Morgan fingerprint density at radius 2 is 0.827 bits per heavy atom. The zero-order valence-corrected chi connectivity index (χ0v) is 35.2. The first kappa shape index (κ1) is 40.4. The normalized spacial score (nSPS) is 17.8. The molecule has 4 aromatic carbocycles. The second-order valence-corrected chi connectivity index (χ2v) is 20.7. The molecule has 2 N–H and O–H groups in total. The molecule has 1 saturated carbocycles. The molecule has 1 aliphatic rings. The lowest BCUT2D eigenvalue weighted by atomic mass is 9.74. The number of hydrogen-bond acceptors (Lipinski definition) is 4. The second kappa shape index (κ2) is 16.3. The van der Waals surface area contributed by atoms with Crippen LogP contribution in [-0.4, -0.2) is 20.7 Å². The van der Waals surface area contributed by atoms with Crippen molar-refractivity contribution in [2.24, 2.45) is 0 Å². The van der Waals surface area contributed by atoms with E-state index in [1.807, 2.05) is 23.5 Å². The third-order valence-corrected chi connectivity index (χ3v) is 14.6. The molecular weight excluding hydrogens is 673 g/mol. The maximum absolute atomic E-state index is 12.0.